The highest BCUT2D eigenvalue weighted by molar-refractivity contribution is 6.50. The van der Waals surface area contributed by atoms with Gasteiger partial charge in [-0.2, -0.15) is 0 Å². The summed E-state index contributed by atoms with van der Waals surface area (Å²) in [6, 6.07) is 13.0. The second kappa shape index (κ2) is 6.59. The number of fused-ring (bicyclic) bond motifs is 1. The van der Waals surface area contributed by atoms with E-state index in [0.717, 1.165) is 5.52 Å². The van der Waals surface area contributed by atoms with Gasteiger partial charge in [-0.1, -0.05) is 27.6 Å². The van der Waals surface area contributed by atoms with Crippen LogP contribution in [0.5, 0.6) is 0 Å². The highest BCUT2D eigenvalue weighted by Crippen LogP contribution is 2.07. The molecule has 0 aliphatic carbocycles. The zero-order valence-electron chi connectivity index (χ0n) is 12.0. The molecule has 0 saturated heterocycles. The van der Waals surface area contributed by atoms with Gasteiger partial charge in [0.05, 0.1) is 10.9 Å². The summed E-state index contributed by atoms with van der Waals surface area (Å²) in [5.74, 6) is 0.662. The number of rotatable bonds is 1. The number of hydrogen-bond acceptors (Lipinski definition) is 2. The van der Waals surface area contributed by atoms with Gasteiger partial charge in [0, 0.05) is 12.1 Å². The van der Waals surface area contributed by atoms with E-state index in [1.54, 1.807) is 15.4 Å². The van der Waals surface area contributed by atoms with E-state index in [0.29, 0.717) is 11.2 Å². The number of aryl methyl sites for hydroxylation is 1. The van der Waals surface area contributed by atoms with Crippen LogP contribution < -0.4 is 10.2 Å². The molecular formula is C14H12BF4N3O. The van der Waals surface area contributed by atoms with Crippen molar-refractivity contribution >= 4 is 18.2 Å². The van der Waals surface area contributed by atoms with Crippen LogP contribution in [0, 0.1) is 6.92 Å². The Morgan fingerprint density at radius 2 is 1.57 bits per heavy atom. The minimum atomic E-state index is -6.00. The molecule has 3 rings (SSSR count). The number of para-hydroxylation sites is 1. The molecule has 1 aromatic carbocycles. The van der Waals surface area contributed by atoms with Gasteiger partial charge in [-0.3, -0.25) is 4.79 Å². The predicted octanol–water partition coefficient (Wildman–Crippen LogP) is 2.60. The SMILES string of the molecule is Cc1nc2ccccc2c(=O)n1-[n+]1ccccc1.F[B-](F)(F)F. The van der Waals surface area contributed by atoms with Crippen LogP contribution in [0.4, 0.5) is 17.3 Å². The first-order valence-electron chi connectivity index (χ1n) is 6.60. The van der Waals surface area contributed by atoms with E-state index >= 15 is 0 Å². The van der Waals surface area contributed by atoms with Crippen molar-refractivity contribution in [1.82, 2.24) is 9.66 Å². The molecule has 9 heteroatoms. The summed E-state index contributed by atoms with van der Waals surface area (Å²) in [6.07, 6.45) is 3.65. The topological polar surface area (TPSA) is 38.8 Å². The summed E-state index contributed by atoms with van der Waals surface area (Å²) in [7, 11) is -6.00. The highest BCUT2D eigenvalue weighted by atomic mass is 19.5. The van der Waals surface area contributed by atoms with E-state index in [2.05, 4.69) is 4.98 Å². The average molecular weight is 325 g/mol. The minimum absolute atomic E-state index is 0.0608. The smallest absolute Gasteiger partial charge is 0.418 e. The molecule has 0 unspecified atom stereocenters. The lowest BCUT2D eigenvalue weighted by molar-refractivity contribution is -0.731. The predicted molar refractivity (Wildman–Crippen MR) is 78.4 cm³/mol. The fourth-order valence-corrected chi connectivity index (χ4v) is 2.03. The molecule has 0 amide bonds. The monoisotopic (exact) mass is 325 g/mol. The van der Waals surface area contributed by atoms with Crippen LogP contribution in [0.1, 0.15) is 5.82 Å². The zero-order valence-corrected chi connectivity index (χ0v) is 12.0. The Labute approximate surface area is 128 Å². The van der Waals surface area contributed by atoms with E-state index in [1.807, 2.05) is 55.7 Å². The van der Waals surface area contributed by atoms with Gasteiger partial charge in [0.15, 0.2) is 5.82 Å². The van der Waals surface area contributed by atoms with E-state index < -0.39 is 7.25 Å². The molecule has 4 nitrogen and oxygen atoms in total. The van der Waals surface area contributed by atoms with Gasteiger partial charge in [-0.25, -0.2) is 4.98 Å². The largest absolute Gasteiger partial charge is 0.673 e. The fourth-order valence-electron chi connectivity index (χ4n) is 2.03. The van der Waals surface area contributed by atoms with Crippen molar-refractivity contribution in [3.05, 3.63) is 71.0 Å². The lowest BCUT2D eigenvalue weighted by Crippen LogP contribution is -2.50. The lowest BCUT2D eigenvalue weighted by Gasteiger charge is -2.04. The summed E-state index contributed by atoms with van der Waals surface area (Å²) in [6.45, 7) is 1.83. The lowest BCUT2D eigenvalue weighted by atomic mass is 10.2. The molecule has 23 heavy (non-hydrogen) atoms. The third kappa shape index (κ3) is 4.38. The molecule has 0 saturated carbocycles. The molecule has 2 aromatic heterocycles. The molecular weight excluding hydrogens is 313 g/mol. The Morgan fingerprint density at radius 3 is 2.17 bits per heavy atom. The summed E-state index contributed by atoms with van der Waals surface area (Å²) in [4.78, 5) is 16.9. The number of aromatic nitrogens is 3. The summed E-state index contributed by atoms with van der Waals surface area (Å²) < 4.78 is 42.3. The van der Waals surface area contributed by atoms with Gasteiger partial charge < -0.3 is 17.3 Å². The molecule has 0 aliphatic rings. The third-order valence-electron chi connectivity index (χ3n) is 2.85. The molecule has 3 aromatic rings. The van der Waals surface area contributed by atoms with Crippen molar-refractivity contribution in [2.45, 2.75) is 6.92 Å². The van der Waals surface area contributed by atoms with Crippen LogP contribution in [0.3, 0.4) is 0 Å². The summed E-state index contributed by atoms with van der Waals surface area (Å²) >= 11 is 0. The summed E-state index contributed by atoms with van der Waals surface area (Å²) in [5, 5.41) is 0.624. The number of nitrogens with zero attached hydrogens (tertiary/aromatic N) is 3. The molecule has 0 aliphatic heterocycles. The van der Waals surface area contributed by atoms with Gasteiger partial charge in [0.1, 0.15) is 0 Å². The first-order chi connectivity index (χ1) is 10.8. The van der Waals surface area contributed by atoms with Gasteiger partial charge in [0.2, 0.25) is 12.4 Å². The fraction of sp³-hybridized carbons (Fsp3) is 0.0714. The number of halogens is 4. The van der Waals surface area contributed by atoms with Crippen molar-refractivity contribution in [2.75, 3.05) is 0 Å². The van der Waals surface area contributed by atoms with Gasteiger partial charge in [0.25, 0.3) is 0 Å². The third-order valence-corrected chi connectivity index (χ3v) is 2.85. The van der Waals surface area contributed by atoms with Crippen molar-refractivity contribution in [3.8, 4) is 0 Å². The normalized spacial score (nSPS) is 11.0. The van der Waals surface area contributed by atoms with Crippen molar-refractivity contribution < 1.29 is 21.9 Å². The Hall–Kier alpha value is -2.71. The van der Waals surface area contributed by atoms with E-state index in [9.17, 15) is 22.1 Å². The maximum atomic E-state index is 12.5. The molecule has 0 spiro atoms. The van der Waals surface area contributed by atoms with Crippen LogP contribution in [-0.2, 0) is 0 Å². The van der Waals surface area contributed by atoms with Crippen molar-refractivity contribution in [1.29, 1.82) is 0 Å². The molecule has 0 radical (unpaired) electrons. The van der Waals surface area contributed by atoms with Gasteiger partial charge in [-0.05, 0) is 19.1 Å². The second-order valence-electron chi connectivity index (χ2n) is 4.54. The van der Waals surface area contributed by atoms with E-state index in [4.69, 9.17) is 0 Å². The quantitative estimate of drug-likeness (QED) is 0.392. The Kier molecular flexibility index (Phi) is 4.78. The number of pyridine rings is 1. The van der Waals surface area contributed by atoms with Crippen LogP contribution in [0.25, 0.3) is 10.9 Å². The number of hydrogen-bond donors (Lipinski definition) is 0. The molecule has 0 bridgehead atoms. The zero-order chi connectivity index (χ0) is 17.0. The van der Waals surface area contributed by atoms with E-state index in [1.165, 1.54) is 0 Å². The minimum Gasteiger partial charge on any atom is -0.418 e. The first kappa shape index (κ1) is 16.7. The van der Waals surface area contributed by atoms with Crippen LogP contribution in [-0.4, -0.2) is 16.9 Å². The first-order valence-corrected chi connectivity index (χ1v) is 6.60. The van der Waals surface area contributed by atoms with Crippen LogP contribution in [0.15, 0.2) is 59.7 Å². The van der Waals surface area contributed by atoms with Crippen molar-refractivity contribution in [3.63, 3.8) is 0 Å². The Morgan fingerprint density at radius 1 is 1.00 bits per heavy atom. The van der Waals surface area contributed by atoms with Crippen molar-refractivity contribution in [2.24, 2.45) is 0 Å². The molecule has 0 atom stereocenters. The Bertz CT molecular complexity index is 859. The highest BCUT2D eigenvalue weighted by Gasteiger charge is 2.20. The second-order valence-corrected chi connectivity index (χ2v) is 4.54. The summed E-state index contributed by atoms with van der Waals surface area (Å²) in [5.41, 5.74) is 0.669. The number of benzene rings is 1. The maximum absolute atomic E-state index is 12.5. The molecule has 0 fully saturated rings. The molecule has 2 heterocycles. The van der Waals surface area contributed by atoms with Gasteiger partial charge in [-0.15, -0.1) is 0 Å². The average Bonchev–Trinajstić information content (AvgIpc) is 2.47. The molecule has 120 valence electrons. The van der Waals surface area contributed by atoms with Crippen LogP contribution in [0.2, 0.25) is 0 Å². The van der Waals surface area contributed by atoms with E-state index in [-0.39, 0.29) is 5.56 Å². The van der Waals surface area contributed by atoms with Crippen LogP contribution >= 0.6 is 0 Å². The Balaban J connectivity index is 0.000000338. The standard InChI is InChI=1S/C14H12N3O.BF4/c1-11-15-13-8-4-3-7-12(13)14(18)17(11)16-9-5-2-6-10-16;2-1(3,4)5/h2-10H,1H3;/q+1;-1. The maximum Gasteiger partial charge on any atom is 0.673 e. The van der Waals surface area contributed by atoms with Gasteiger partial charge >= 0.3 is 12.8 Å². The molecule has 0 N–H and O–H groups in total.